The number of carbonyl (C=O) groups excluding carboxylic acids is 1. The second-order valence-electron chi connectivity index (χ2n) is 7.15. The van der Waals surface area contributed by atoms with Gasteiger partial charge in [-0.1, -0.05) is 6.07 Å². The maximum absolute atomic E-state index is 12.5. The van der Waals surface area contributed by atoms with Crippen LogP contribution in [-0.4, -0.2) is 58.8 Å². The molecule has 1 aromatic carbocycles. The number of rotatable bonds is 4. The highest BCUT2D eigenvalue weighted by atomic mass is 16.5. The van der Waals surface area contributed by atoms with Gasteiger partial charge in [0, 0.05) is 44.1 Å². The Balaban J connectivity index is 1.48. The summed E-state index contributed by atoms with van der Waals surface area (Å²) in [5.74, 6) is -0.536. The molecule has 0 bridgehead atoms. The molecule has 1 atom stereocenters. The molecular formula is C20H22N2O5. The van der Waals surface area contributed by atoms with Gasteiger partial charge in [-0.25, -0.2) is 4.79 Å². The Morgan fingerprint density at radius 3 is 2.78 bits per heavy atom. The van der Waals surface area contributed by atoms with Crippen LogP contribution < -0.4 is 4.74 Å². The first kappa shape index (κ1) is 17.7. The van der Waals surface area contributed by atoms with E-state index in [1.807, 2.05) is 18.2 Å². The van der Waals surface area contributed by atoms with Crippen molar-refractivity contribution < 1.29 is 24.2 Å². The van der Waals surface area contributed by atoms with E-state index < -0.39 is 11.6 Å². The van der Waals surface area contributed by atoms with E-state index in [1.54, 1.807) is 23.2 Å². The molecule has 7 heteroatoms. The van der Waals surface area contributed by atoms with Gasteiger partial charge in [0.25, 0.3) is 0 Å². The summed E-state index contributed by atoms with van der Waals surface area (Å²) in [7, 11) is 0. The minimum atomic E-state index is -1.32. The van der Waals surface area contributed by atoms with E-state index in [2.05, 4.69) is 4.98 Å². The normalized spacial score (nSPS) is 21.9. The van der Waals surface area contributed by atoms with Crippen molar-refractivity contribution in [2.45, 2.75) is 24.9 Å². The van der Waals surface area contributed by atoms with E-state index in [9.17, 15) is 14.7 Å². The van der Waals surface area contributed by atoms with E-state index in [4.69, 9.17) is 9.47 Å². The Labute approximate surface area is 156 Å². The quantitative estimate of drug-likeness (QED) is 0.887. The lowest BCUT2D eigenvalue weighted by molar-refractivity contribution is -0.162. The smallest absolute Gasteiger partial charge is 0.348 e. The molecule has 0 radical (unpaired) electrons. The van der Waals surface area contributed by atoms with Gasteiger partial charge in [-0.2, -0.15) is 0 Å². The van der Waals surface area contributed by atoms with Crippen LogP contribution in [0, 0.1) is 5.92 Å². The molecule has 0 aliphatic carbocycles. The molecule has 0 spiro atoms. The van der Waals surface area contributed by atoms with Gasteiger partial charge < -0.3 is 19.5 Å². The van der Waals surface area contributed by atoms with E-state index in [0.29, 0.717) is 32.1 Å². The lowest BCUT2D eigenvalue weighted by Crippen LogP contribution is -2.55. The maximum Gasteiger partial charge on any atom is 0.348 e. The van der Waals surface area contributed by atoms with E-state index >= 15 is 0 Å². The fourth-order valence-corrected chi connectivity index (χ4v) is 3.78. The number of hydrogen-bond donors (Lipinski definition) is 1. The Bertz CT molecular complexity index is 854. The second-order valence-corrected chi connectivity index (χ2v) is 7.15. The summed E-state index contributed by atoms with van der Waals surface area (Å²) in [5.41, 5.74) is -0.493. The molecule has 0 unspecified atom stereocenters. The van der Waals surface area contributed by atoms with Crippen molar-refractivity contribution >= 4 is 22.8 Å². The third-order valence-corrected chi connectivity index (χ3v) is 5.44. The highest BCUT2D eigenvalue weighted by molar-refractivity contribution is 5.82. The zero-order valence-electron chi connectivity index (χ0n) is 15.0. The monoisotopic (exact) mass is 370 g/mol. The van der Waals surface area contributed by atoms with Crippen LogP contribution in [0.1, 0.15) is 19.3 Å². The molecule has 4 rings (SSSR count). The number of ether oxygens (including phenoxy) is 2. The first-order valence-electron chi connectivity index (χ1n) is 9.21. The number of piperidine rings is 1. The highest BCUT2D eigenvalue weighted by Crippen LogP contribution is 2.31. The van der Waals surface area contributed by atoms with Crippen molar-refractivity contribution in [2.24, 2.45) is 5.92 Å². The average molecular weight is 370 g/mol. The summed E-state index contributed by atoms with van der Waals surface area (Å²) in [6.07, 6.45) is 2.96. The van der Waals surface area contributed by atoms with Gasteiger partial charge in [0.2, 0.25) is 11.5 Å². The van der Waals surface area contributed by atoms with Crippen LogP contribution >= 0.6 is 0 Å². The number of fused-ring (bicyclic) bond motifs is 1. The van der Waals surface area contributed by atoms with Crippen LogP contribution in [0.2, 0.25) is 0 Å². The molecule has 2 aliphatic rings. The van der Waals surface area contributed by atoms with Gasteiger partial charge in [-0.3, -0.25) is 9.78 Å². The van der Waals surface area contributed by atoms with Crippen molar-refractivity contribution in [3.8, 4) is 5.75 Å². The number of carboxylic acids is 1. The first-order valence-corrected chi connectivity index (χ1v) is 9.21. The molecule has 1 aromatic heterocycles. The molecule has 7 nitrogen and oxygen atoms in total. The molecule has 1 N–H and O–H groups in total. The SMILES string of the molecule is O=C([C@H]1CCOC1)N1CCC(Oc2ccc3ncccc3c2)(C(=O)O)CC1. The maximum atomic E-state index is 12.5. The lowest BCUT2D eigenvalue weighted by atomic mass is 9.90. The van der Waals surface area contributed by atoms with Crippen molar-refractivity contribution in [1.29, 1.82) is 0 Å². The van der Waals surface area contributed by atoms with Crippen LogP contribution in [0.3, 0.4) is 0 Å². The molecule has 142 valence electrons. The third kappa shape index (κ3) is 3.47. The Hall–Kier alpha value is -2.67. The van der Waals surface area contributed by atoms with Gasteiger partial charge >= 0.3 is 5.97 Å². The van der Waals surface area contributed by atoms with Gasteiger partial charge in [0.05, 0.1) is 18.0 Å². The zero-order chi connectivity index (χ0) is 18.9. The summed E-state index contributed by atoms with van der Waals surface area (Å²) in [6, 6.07) is 9.11. The number of likely N-dealkylation sites (tertiary alicyclic amines) is 1. The molecule has 2 aromatic rings. The number of benzene rings is 1. The third-order valence-electron chi connectivity index (χ3n) is 5.44. The summed E-state index contributed by atoms with van der Waals surface area (Å²) in [6.45, 7) is 1.82. The first-order chi connectivity index (χ1) is 13.1. The molecular weight excluding hydrogens is 348 g/mol. The van der Waals surface area contributed by atoms with Crippen LogP contribution in [0.5, 0.6) is 5.75 Å². The number of aromatic nitrogens is 1. The van der Waals surface area contributed by atoms with Crippen molar-refractivity contribution in [2.75, 3.05) is 26.3 Å². The largest absolute Gasteiger partial charge is 0.478 e. The van der Waals surface area contributed by atoms with Crippen LogP contribution in [-0.2, 0) is 14.3 Å². The number of aliphatic carboxylic acids is 1. The molecule has 2 saturated heterocycles. The summed E-state index contributed by atoms with van der Waals surface area (Å²) >= 11 is 0. The molecule has 2 aliphatic heterocycles. The Morgan fingerprint density at radius 2 is 2.07 bits per heavy atom. The second kappa shape index (κ2) is 7.15. The van der Waals surface area contributed by atoms with E-state index in [-0.39, 0.29) is 24.7 Å². The molecule has 0 saturated carbocycles. The Morgan fingerprint density at radius 1 is 1.26 bits per heavy atom. The van der Waals surface area contributed by atoms with Crippen LogP contribution in [0.25, 0.3) is 10.9 Å². The number of nitrogens with zero attached hydrogens (tertiary/aromatic N) is 2. The van der Waals surface area contributed by atoms with Crippen molar-refractivity contribution in [3.63, 3.8) is 0 Å². The fourth-order valence-electron chi connectivity index (χ4n) is 3.78. The molecule has 3 heterocycles. The van der Waals surface area contributed by atoms with Crippen LogP contribution in [0.4, 0.5) is 0 Å². The minimum absolute atomic E-state index is 0.0586. The summed E-state index contributed by atoms with van der Waals surface area (Å²) in [4.78, 5) is 30.6. The zero-order valence-corrected chi connectivity index (χ0v) is 15.0. The Kier molecular flexibility index (Phi) is 4.70. The number of pyridine rings is 1. The highest BCUT2D eigenvalue weighted by Gasteiger charge is 2.45. The predicted octanol–water partition coefficient (Wildman–Crippen LogP) is 2.10. The minimum Gasteiger partial charge on any atom is -0.478 e. The topological polar surface area (TPSA) is 89.0 Å². The number of hydrogen-bond acceptors (Lipinski definition) is 5. The molecule has 2 fully saturated rings. The van der Waals surface area contributed by atoms with Crippen molar-refractivity contribution in [3.05, 3.63) is 36.5 Å². The number of carbonyl (C=O) groups is 2. The van der Waals surface area contributed by atoms with Gasteiger partial charge in [-0.15, -0.1) is 0 Å². The molecule has 27 heavy (non-hydrogen) atoms. The average Bonchev–Trinajstić information content (AvgIpc) is 3.22. The lowest BCUT2D eigenvalue weighted by Gasteiger charge is -2.39. The van der Waals surface area contributed by atoms with E-state index in [0.717, 1.165) is 17.3 Å². The van der Waals surface area contributed by atoms with Crippen LogP contribution in [0.15, 0.2) is 36.5 Å². The fraction of sp³-hybridized carbons (Fsp3) is 0.450. The summed E-state index contributed by atoms with van der Waals surface area (Å²) < 4.78 is 11.3. The van der Waals surface area contributed by atoms with Gasteiger partial charge in [-0.05, 0) is 30.7 Å². The van der Waals surface area contributed by atoms with E-state index in [1.165, 1.54) is 0 Å². The predicted molar refractivity (Wildman–Crippen MR) is 97.5 cm³/mol. The number of amides is 1. The van der Waals surface area contributed by atoms with Gasteiger partial charge in [0.15, 0.2) is 0 Å². The standard InChI is InChI=1S/C20H22N2O5/c23-18(15-5-11-26-13-15)22-9-6-20(7-10-22,19(24)25)27-16-3-4-17-14(12-16)2-1-8-21-17/h1-4,8,12,15H,5-7,9-11,13H2,(H,24,25)/t15-/m0/s1. The van der Waals surface area contributed by atoms with Crippen molar-refractivity contribution in [1.82, 2.24) is 9.88 Å². The summed E-state index contributed by atoms with van der Waals surface area (Å²) in [5, 5.41) is 10.7. The van der Waals surface area contributed by atoms with Gasteiger partial charge in [0.1, 0.15) is 5.75 Å². The number of carboxylic acid groups (broad SMARTS) is 1. The molecule has 1 amide bonds.